The molecule has 0 aromatic heterocycles. The molecule has 0 spiro atoms. The lowest BCUT2D eigenvalue weighted by molar-refractivity contribution is -0.142. The average molecular weight is 284 g/mol. The Kier molecular flexibility index (Phi) is 5.59. The highest BCUT2D eigenvalue weighted by atomic mass is 19.4. The second-order valence-corrected chi connectivity index (χ2v) is 4.20. The van der Waals surface area contributed by atoms with Gasteiger partial charge in [-0.2, -0.15) is 13.2 Å². The van der Waals surface area contributed by atoms with Crippen LogP contribution in [0.3, 0.4) is 0 Å². The van der Waals surface area contributed by atoms with Gasteiger partial charge in [0.25, 0.3) is 0 Å². The summed E-state index contributed by atoms with van der Waals surface area (Å²) in [4.78, 5) is 11.4. The third-order valence-corrected chi connectivity index (χ3v) is 2.47. The highest BCUT2D eigenvalue weighted by molar-refractivity contribution is 5.90. The zero-order chi connectivity index (χ0) is 15.2. The van der Waals surface area contributed by atoms with E-state index in [1.54, 1.807) is 25.1 Å². The van der Waals surface area contributed by atoms with Crippen LogP contribution in [0.25, 0.3) is 0 Å². The normalized spacial score (nSPS) is 10.7. The number of nitrogens with two attached hydrogens (primary N) is 1. The molecule has 1 aromatic rings. The van der Waals surface area contributed by atoms with Gasteiger partial charge in [-0.3, -0.25) is 4.79 Å². The van der Waals surface area contributed by atoms with Crippen LogP contribution in [0.4, 0.5) is 18.9 Å². The Bertz CT molecular complexity index is 542. The maximum atomic E-state index is 12.0. The molecule has 0 radical (unpaired) electrons. The molecule has 1 amide bonds. The van der Waals surface area contributed by atoms with Gasteiger partial charge in [0.05, 0.1) is 13.0 Å². The van der Waals surface area contributed by atoms with E-state index >= 15 is 0 Å². The number of nitrogens with one attached hydrogen (secondary N) is 1. The van der Waals surface area contributed by atoms with E-state index in [-0.39, 0.29) is 6.54 Å². The molecule has 1 aromatic carbocycles. The Morgan fingerprint density at radius 3 is 2.65 bits per heavy atom. The van der Waals surface area contributed by atoms with Gasteiger partial charge in [0.1, 0.15) is 0 Å². The summed E-state index contributed by atoms with van der Waals surface area (Å²) in [7, 11) is 0. The van der Waals surface area contributed by atoms with E-state index in [4.69, 9.17) is 5.73 Å². The van der Waals surface area contributed by atoms with Crippen molar-refractivity contribution in [1.29, 1.82) is 0 Å². The van der Waals surface area contributed by atoms with Crippen molar-refractivity contribution in [3.8, 4) is 11.8 Å². The van der Waals surface area contributed by atoms with Crippen LogP contribution in [0.15, 0.2) is 18.2 Å². The Hall–Kier alpha value is -2.00. The number of halogens is 3. The minimum absolute atomic E-state index is 0.245. The number of benzene rings is 1. The number of hydrogen-bond acceptors (Lipinski definition) is 2. The van der Waals surface area contributed by atoms with Crippen LogP contribution in [0.2, 0.25) is 0 Å². The molecule has 0 aliphatic carbocycles. The largest absolute Gasteiger partial charge is 0.389 e. The zero-order valence-corrected chi connectivity index (χ0v) is 11.0. The number of carbonyl (C=O) groups excluding carboxylic acids is 1. The van der Waals surface area contributed by atoms with Gasteiger partial charge in [-0.25, -0.2) is 0 Å². The molecule has 0 saturated heterocycles. The van der Waals surface area contributed by atoms with Crippen LogP contribution >= 0.6 is 0 Å². The molecule has 3 N–H and O–H groups in total. The molecule has 20 heavy (non-hydrogen) atoms. The van der Waals surface area contributed by atoms with E-state index in [0.717, 1.165) is 11.1 Å². The number of rotatable bonds is 3. The fourth-order valence-corrected chi connectivity index (χ4v) is 1.51. The number of aryl methyl sites for hydroxylation is 1. The van der Waals surface area contributed by atoms with E-state index in [1.165, 1.54) is 0 Å². The lowest BCUT2D eigenvalue weighted by Crippen LogP contribution is -2.16. The smallest absolute Gasteiger partial charge is 0.326 e. The van der Waals surface area contributed by atoms with Crippen molar-refractivity contribution in [2.24, 2.45) is 5.73 Å². The van der Waals surface area contributed by atoms with Crippen molar-refractivity contribution in [2.45, 2.75) is 25.9 Å². The van der Waals surface area contributed by atoms with Crippen LogP contribution in [0, 0.1) is 18.8 Å². The maximum Gasteiger partial charge on any atom is 0.389 e. The third kappa shape index (κ3) is 5.76. The Balaban J connectivity index is 2.65. The molecule has 108 valence electrons. The number of carbonyl (C=O) groups is 1. The van der Waals surface area contributed by atoms with Crippen LogP contribution < -0.4 is 11.1 Å². The van der Waals surface area contributed by atoms with Gasteiger partial charge in [0.15, 0.2) is 0 Å². The standard InChI is InChI=1S/C14H15F3N2O/c1-10-9-12(5-4-11(10)3-2-8-18)19-13(20)6-7-14(15,16)17/h4-5,9H,6-8,18H2,1H3,(H,19,20). The SMILES string of the molecule is Cc1cc(NC(=O)CCC(F)(F)F)ccc1C#CCN. The summed E-state index contributed by atoms with van der Waals surface area (Å²) >= 11 is 0. The molecule has 0 aliphatic heterocycles. The van der Waals surface area contributed by atoms with E-state index in [0.29, 0.717) is 5.69 Å². The molecule has 0 aliphatic rings. The zero-order valence-electron chi connectivity index (χ0n) is 11.0. The summed E-state index contributed by atoms with van der Waals surface area (Å²) in [6, 6.07) is 4.95. The molecule has 1 rings (SSSR count). The summed E-state index contributed by atoms with van der Waals surface area (Å²) in [6.07, 6.45) is -6.04. The van der Waals surface area contributed by atoms with E-state index in [1.807, 2.05) is 0 Å². The molecule has 3 nitrogen and oxygen atoms in total. The van der Waals surface area contributed by atoms with Crippen LogP contribution in [0.1, 0.15) is 24.0 Å². The first-order chi connectivity index (χ1) is 9.31. The number of alkyl halides is 3. The molecular weight excluding hydrogens is 269 g/mol. The van der Waals surface area contributed by atoms with Crippen molar-refractivity contribution < 1.29 is 18.0 Å². The van der Waals surface area contributed by atoms with Crippen LogP contribution in [-0.4, -0.2) is 18.6 Å². The average Bonchev–Trinajstić information content (AvgIpc) is 2.35. The molecule has 0 unspecified atom stereocenters. The first kappa shape index (κ1) is 16.1. The van der Waals surface area contributed by atoms with Gasteiger partial charge in [-0.05, 0) is 30.7 Å². The predicted molar refractivity (Wildman–Crippen MR) is 71.0 cm³/mol. The Morgan fingerprint density at radius 2 is 2.10 bits per heavy atom. The van der Waals surface area contributed by atoms with Gasteiger partial charge >= 0.3 is 6.18 Å². The van der Waals surface area contributed by atoms with Crippen LogP contribution in [0.5, 0.6) is 0 Å². The minimum Gasteiger partial charge on any atom is -0.326 e. The summed E-state index contributed by atoms with van der Waals surface area (Å²) in [6.45, 7) is 2.04. The second kappa shape index (κ2) is 6.96. The fourth-order valence-electron chi connectivity index (χ4n) is 1.51. The molecule has 0 bridgehead atoms. The monoisotopic (exact) mass is 284 g/mol. The van der Waals surface area contributed by atoms with Gasteiger partial charge in [-0.15, -0.1) is 0 Å². The van der Waals surface area contributed by atoms with E-state index in [9.17, 15) is 18.0 Å². The topological polar surface area (TPSA) is 55.1 Å². The summed E-state index contributed by atoms with van der Waals surface area (Å²) < 4.78 is 36.0. The van der Waals surface area contributed by atoms with Crippen molar-refractivity contribution in [3.05, 3.63) is 29.3 Å². The molecule has 0 fully saturated rings. The van der Waals surface area contributed by atoms with Gasteiger partial charge in [0, 0.05) is 17.7 Å². The fraction of sp³-hybridized carbons (Fsp3) is 0.357. The van der Waals surface area contributed by atoms with Crippen LogP contribution in [-0.2, 0) is 4.79 Å². The molecule has 0 heterocycles. The third-order valence-electron chi connectivity index (χ3n) is 2.47. The van der Waals surface area contributed by atoms with Gasteiger partial charge in [0.2, 0.25) is 5.91 Å². The number of amides is 1. The number of hydrogen-bond donors (Lipinski definition) is 2. The summed E-state index contributed by atoms with van der Waals surface area (Å²) in [5.41, 5.74) is 7.31. The van der Waals surface area contributed by atoms with Crippen molar-refractivity contribution in [1.82, 2.24) is 0 Å². The Labute approximate surface area is 115 Å². The second-order valence-electron chi connectivity index (χ2n) is 4.20. The first-order valence-electron chi connectivity index (χ1n) is 5.98. The van der Waals surface area contributed by atoms with Crippen molar-refractivity contribution >= 4 is 11.6 Å². The predicted octanol–water partition coefficient (Wildman–Crippen LogP) is 2.59. The van der Waals surface area contributed by atoms with Crippen molar-refractivity contribution in [2.75, 3.05) is 11.9 Å². The van der Waals surface area contributed by atoms with Gasteiger partial charge in [-0.1, -0.05) is 11.8 Å². The molecule has 0 saturated carbocycles. The highest BCUT2D eigenvalue weighted by Crippen LogP contribution is 2.22. The summed E-state index contributed by atoms with van der Waals surface area (Å²) in [5, 5.41) is 2.43. The molecule has 0 atom stereocenters. The molecular formula is C14H15F3N2O. The lowest BCUT2D eigenvalue weighted by atomic mass is 10.1. The number of anilines is 1. The quantitative estimate of drug-likeness (QED) is 0.838. The van der Waals surface area contributed by atoms with E-state index < -0.39 is 24.9 Å². The van der Waals surface area contributed by atoms with E-state index in [2.05, 4.69) is 17.2 Å². The maximum absolute atomic E-state index is 12.0. The lowest BCUT2D eigenvalue weighted by Gasteiger charge is -2.08. The Morgan fingerprint density at radius 1 is 1.40 bits per heavy atom. The molecule has 6 heteroatoms. The summed E-state index contributed by atoms with van der Waals surface area (Å²) in [5.74, 6) is 4.91. The highest BCUT2D eigenvalue weighted by Gasteiger charge is 2.27. The van der Waals surface area contributed by atoms with Gasteiger partial charge < -0.3 is 11.1 Å². The first-order valence-corrected chi connectivity index (χ1v) is 5.98. The van der Waals surface area contributed by atoms with Crippen molar-refractivity contribution in [3.63, 3.8) is 0 Å². The minimum atomic E-state index is -4.32.